The van der Waals surface area contributed by atoms with Gasteiger partial charge in [0.1, 0.15) is 5.82 Å². The van der Waals surface area contributed by atoms with Gasteiger partial charge in [0.15, 0.2) is 0 Å². The van der Waals surface area contributed by atoms with Crippen LogP contribution in [0.3, 0.4) is 0 Å². The predicted molar refractivity (Wildman–Crippen MR) is 67.1 cm³/mol. The minimum atomic E-state index is -3.30. The van der Waals surface area contributed by atoms with Crippen LogP contribution >= 0.6 is 7.60 Å². The van der Waals surface area contributed by atoms with Crippen LogP contribution in [0, 0.1) is 5.82 Å². The van der Waals surface area contributed by atoms with Gasteiger partial charge in [-0.1, -0.05) is 12.1 Å². The molecule has 1 atom stereocenters. The molecule has 4 nitrogen and oxygen atoms in total. The minimum Gasteiger partial charge on any atom is -0.388 e. The molecular formula is C12H18FO4P. The van der Waals surface area contributed by atoms with Crippen LogP contribution in [0.2, 0.25) is 0 Å². The van der Waals surface area contributed by atoms with E-state index in [4.69, 9.17) is 9.05 Å². The van der Waals surface area contributed by atoms with Crippen LogP contribution in [0.1, 0.15) is 25.5 Å². The largest absolute Gasteiger partial charge is 0.388 e. The summed E-state index contributed by atoms with van der Waals surface area (Å²) in [6, 6.07) is 5.38. The number of aliphatic hydroxyl groups excluding tert-OH is 1. The summed E-state index contributed by atoms with van der Waals surface area (Å²) in [5.74, 6) is -0.385. The smallest absolute Gasteiger partial charge is 0.333 e. The van der Waals surface area contributed by atoms with Crippen LogP contribution in [0.5, 0.6) is 0 Å². The summed E-state index contributed by atoms with van der Waals surface area (Å²) in [7, 11) is -3.30. The molecule has 0 saturated carbocycles. The van der Waals surface area contributed by atoms with Crippen molar-refractivity contribution in [2.45, 2.75) is 20.0 Å². The van der Waals surface area contributed by atoms with Gasteiger partial charge in [0.05, 0.1) is 25.5 Å². The lowest BCUT2D eigenvalue weighted by molar-refractivity contribution is 0.170. The Morgan fingerprint density at radius 2 is 1.72 bits per heavy atom. The molecule has 0 aromatic heterocycles. The maximum atomic E-state index is 12.7. The van der Waals surface area contributed by atoms with Gasteiger partial charge in [0, 0.05) is 0 Å². The lowest BCUT2D eigenvalue weighted by atomic mass is 10.1. The van der Waals surface area contributed by atoms with E-state index in [-0.39, 0.29) is 25.2 Å². The van der Waals surface area contributed by atoms with Gasteiger partial charge in [-0.25, -0.2) is 4.39 Å². The zero-order chi connectivity index (χ0) is 13.6. The molecular weight excluding hydrogens is 258 g/mol. The van der Waals surface area contributed by atoms with E-state index < -0.39 is 13.7 Å². The normalized spacial score (nSPS) is 13.6. The van der Waals surface area contributed by atoms with Gasteiger partial charge in [0.2, 0.25) is 0 Å². The number of hydrogen-bond donors (Lipinski definition) is 1. The van der Waals surface area contributed by atoms with E-state index in [0.29, 0.717) is 5.56 Å². The van der Waals surface area contributed by atoms with E-state index >= 15 is 0 Å². The van der Waals surface area contributed by atoms with Crippen LogP contribution < -0.4 is 0 Å². The van der Waals surface area contributed by atoms with Gasteiger partial charge >= 0.3 is 7.60 Å². The fourth-order valence-corrected chi connectivity index (χ4v) is 3.24. The Labute approximate surface area is 106 Å². The molecule has 0 saturated heterocycles. The average Bonchev–Trinajstić information content (AvgIpc) is 2.30. The molecule has 0 amide bonds. The van der Waals surface area contributed by atoms with Gasteiger partial charge in [-0.05, 0) is 31.5 Å². The van der Waals surface area contributed by atoms with Gasteiger partial charge < -0.3 is 14.2 Å². The lowest BCUT2D eigenvalue weighted by Crippen LogP contribution is -2.08. The first kappa shape index (κ1) is 15.3. The van der Waals surface area contributed by atoms with Crippen LogP contribution in [-0.2, 0) is 13.6 Å². The summed E-state index contributed by atoms with van der Waals surface area (Å²) in [5, 5.41) is 9.95. The molecule has 0 aliphatic rings. The van der Waals surface area contributed by atoms with Gasteiger partial charge in [-0.15, -0.1) is 0 Å². The molecule has 0 aliphatic heterocycles. The van der Waals surface area contributed by atoms with Crippen LogP contribution in [0.15, 0.2) is 24.3 Å². The van der Waals surface area contributed by atoms with E-state index in [1.54, 1.807) is 13.8 Å². The zero-order valence-electron chi connectivity index (χ0n) is 10.5. The maximum absolute atomic E-state index is 12.7. The van der Waals surface area contributed by atoms with Crippen molar-refractivity contribution in [3.05, 3.63) is 35.6 Å². The number of halogens is 1. The fourth-order valence-electron chi connectivity index (χ4n) is 1.54. The van der Waals surface area contributed by atoms with E-state index in [9.17, 15) is 14.1 Å². The molecule has 0 heterocycles. The zero-order valence-corrected chi connectivity index (χ0v) is 11.4. The van der Waals surface area contributed by atoms with Gasteiger partial charge in [0.25, 0.3) is 0 Å². The monoisotopic (exact) mass is 276 g/mol. The van der Waals surface area contributed by atoms with E-state index in [1.165, 1.54) is 24.3 Å². The summed E-state index contributed by atoms with van der Waals surface area (Å²) in [5.41, 5.74) is 0.482. The molecule has 0 unspecified atom stereocenters. The molecule has 1 aromatic carbocycles. The second kappa shape index (κ2) is 7.00. The molecule has 1 aromatic rings. The summed E-state index contributed by atoms with van der Waals surface area (Å²) >= 11 is 0. The molecule has 0 aliphatic carbocycles. The first-order valence-electron chi connectivity index (χ1n) is 5.82. The quantitative estimate of drug-likeness (QED) is 0.777. The van der Waals surface area contributed by atoms with Crippen LogP contribution in [0.25, 0.3) is 0 Å². The third-order valence-corrected chi connectivity index (χ3v) is 4.40. The molecule has 0 bridgehead atoms. The van der Waals surface area contributed by atoms with Crippen molar-refractivity contribution >= 4 is 7.60 Å². The fraction of sp³-hybridized carbons (Fsp3) is 0.500. The summed E-state index contributed by atoms with van der Waals surface area (Å²) in [4.78, 5) is 0. The molecule has 0 fully saturated rings. The molecule has 0 radical (unpaired) electrons. The maximum Gasteiger partial charge on any atom is 0.333 e. The number of rotatable bonds is 7. The molecule has 6 heteroatoms. The molecule has 1 rings (SSSR count). The highest BCUT2D eigenvalue weighted by molar-refractivity contribution is 7.53. The Morgan fingerprint density at radius 1 is 1.22 bits per heavy atom. The summed E-state index contributed by atoms with van der Waals surface area (Å²) in [6.45, 7) is 3.90. The highest BCUT2D eigenvalue weighted by Crippen LogP contribution is 2.50. The number of benzene rings is 1. The first-order chi connectivity index (χ1) is 8.50. The van der Waals surface area contributed by atoms with Crippen LogP contribution in [0.4, 0.5) is 4.39 Å². The van der Waals surface area contributed by atoms with E-state index in [0.717, 1.165) is 0 Å². The van der Waals surface area contributed by atoms with Crippen molar-refractivity contribution in [1.82, 2.24) is 0 Å². The first-order valence-corrected chi connectivity index (χ1v) is 7.55. The van der Waals surface area contributed by atoms with Gasteiger partial charge in [-0.3, -0.25) is 4.57 Å². The molecule has 18 heavy (non-hydrogen) atoms. The second-order valence-electron chi connectivity index (χ2n) is 3.70. The molecule has 0 spiro atoms. The van der Waals surface area contributed by atoms with Crippen molar-refractivity contribution < 1.29 is 23.1 Å². The molecule has 102 valence electrons. The Morgan fingerprint density at radius 3 is 2.17 bits per heavy atom. The second-order valence-corrected chi connectivity index (χ2v) is 5.80. The van der Waals surface area contributed by atoms with E-state index in [2.05, 4.69) is 0 Å². The van der Waals surface area contributed by atoms with Gasteiger partial charge in [-0.2, -0.15) is 0 Å². The summed E-state index contributed by atoms with van der Waals surface area (Å²) in [6.07, 6.45) is -1.14. The van der Waals surface area contributed by atoms with Crippen molar-refractivity contribution in [2.24, 2.45) is 0 Å². The van der Waals surface area contributed by atoms with Crippen molar-refractivity contribution in [3.63, 3.8) is 0 Å². The lowest BCUT2D eigenvalue weighted by Gasteiger charge is -2.20. The third kappa shape index (κ3) is 4.50. The minimum absolute atomic E-state index is 0.139. The highest BCUT2D eigenvalue weighted by Gasteiger charge is 2.28. The number of aliphatic hydroxyl groups is 1. The van der Waals surface area contributed by atoms with Crippen molar-refractivity contribution in [2.75, 3.05) is 19.4 Å². The SMILES string of the molecule is CCOP(=O)(C[C@H](O)c1ccc(F)cc1)OCC. The highest BCUT2D eigenvalue weighted by atomic mass is 31.2. The molecule has 1 N–H and O–H groups in total. The Hall–Kier alpha value is -0.740. The Kier molecular flexibility index (Phi) is 5.96. The Bertz CT molecular complexity index is 397. The number of hydrogen-bond acceptors (Lipinski definition) is 4. The third-order valence-electron chi connectivity index (χ3n) is 2.30. The van der Waals surface area contributed by atoms with E-state index in [1.807, 2.05) is 0 Å². The predicted octanol–water partition coefficient (Wildman–Crippen LogP) is 3.13. The standard InChI is InChI=1S/C12H18FO4P/c1-3-16-18(15,17-4-2)9-12(14)10-5-7-11(13)8-6-10/h5-8,12,14H,3-4,9H2,1-2H3/t12-/m0/s1. The topological polar surface area (TPSA) is 55.8 Å². The summed E-state index contributed by atoms with van der Waals surface area (Å²) < 4.78 is 35.1. The van der Waals surface area contributed by atoms with Crippen molar-refractivity contribution in [3.8, 4) is 0 Å². The van der Waals surface area contributed by atoms with Crippen LogP contribution in [-0.4, -0.2) is 24.5 Å². The average molecular weight is 276 g/mol. The van der Waals surface area contributed by atoms with Crippen molar-refractivity contribution in [1.29, 1.82) is 0 Å². The Balaban J connectivity index is 2.74.